The molecule has 0 saturated carbocycles. The summed E-state index contributed by atoms with van der Waals surface area (Å²) < 4.78 is 0. The van der Waals surface area contributed by atoms with Crippen molar-refractivity contribution in [3.05, 3.63) is 154 Å². The van der Waals surface area contributed by atoms with Gasteiger partial charge in [0.25, 0.3) is 0 Å². The van der Waals surface area contributed by atoms with Gasteiger partial charge in [-0.3, -0.25) is 0 Å². The molecule has 0 N–H and O–H groups in total. The monoisotopic (exact) mass is 835 g/mol. The summed E-state index contributed by atoms with van der Waals surface area (Å²) in [5.41, 5.74) is 25.0. The third kappa shape index (κ3) is 5.60. The van der Waals surface area contributed by atoms with Crippen molar-refractivity contribution in [3.8, 4) is 55.6 Å². The van der Waals surface area contributed by atoms with Gasteiger partial charge in [0.2, 0.25) is 0 Å². The average Bonchev–Trinajstić information content (AvgIpc) is 3.77. The molecule has 3 aliphatic carbocycles. The standard InChI is InChI=1S/C64H66/c1-59(2,3)36-19-23-46-50(31-36)63(13,14)52-33-38(61(7,8)9)29-48(55(46)52)40-25-27-44-45-28-26-41(43-22-18-35-17-21-42(40)57(44)54(35)58(43)45)49-30-39(62(10,11)12)34-53-56(49)47-24-20-37(60(4,5)6)32-51(47)64(53,15)16/h17-34H,1-16H3. The Morgan fingerprint density at radius 2 is 0.609 bits per heavy atom. The molecule has 0 spiro atoms. The van der Waals surface area contributed by atoms with Gasteiger partial charge in [-0.1, -0.05) is 208 Å². The second-order valence-electron chi connectivity index (χ2n) is 25.1. The van der Waals surface area contributed by atoms with E-state index in [-0.39, 0.29) is 32.5 Å². The molecular weight excluding hydrogens is 769 g/mol. The van der Waals surface area contributed by atoms with Crippen LogP contribution in [0.4, 0.5) is 0 Å². The van der Waals surface area contributed by atoms with E-state index in [1.807, 2.05) is 0 Å². The maximum absolute atomic E-state index is 2.54. The largest absolute Gasteiger partial charge is 0.0579 e. The molecule has 3 aliphatic rings. The number of hydrogen-bond donors (Lipinski definition) is 0. The lowest BCUT2D eigenvalue weighted by molar-refractivity contribution is 0.579. The molecule has 0 bridgehead atoms. The van der Waals surface area contributed by atoms with Crippen LogP contribution in [-0.2, 0) is 32.5 Å². The fraction of sp³-hybridized carbons (Fsp3) is 0.344. The van der Waals surface area contributed by atoms with Crippen LogP contribution in [0.1, 0.15) is 155 Å². The summed E-state index contributed by atoms with van der Waals surface area (Å²) in [4.78, 5) is 0. The second-order valence-corrected chi connectivity index (χ2v) is 25.1. The van der Waals surface area contributed by atoms with Gasteiger partial charge in [0.05, 0.1) is 0 Å². The SMILES string of the molecule is CC(C)(C)c1ccc2c(c1)C(C)(C)c1cc(C(C)(C)C)cc(-c3ccc4c5c3ccc3ccc6c(-c7cc(C(C)(C)C)cc8c7-c7ccc(C(C)(C)C)cc7C8(C)C)ccc-4c6c35)c1-2. The molecule has 0 aliphatic heterocycles. The highest BCUT2D eigenvalue weighted by molar-refractivity contribution is 6.35. The first-order chi connectivity index (χ1) is 29.8. The predicted octanol–water partition coefficient (Wildman–Crippen LogP) is 18.3. The van der Waals surface area contributed by atoms with Crippen molar-refractivity contribution in [1.29, 1.82) is 0 Å². The van der Waals surface area contributed by atoms with E-state index in [1.165, 1.54) is 132 Å². The normalized spacial score (nSPS) is 15.8. The molecule has 0 heteroatoms. The molecule has 0 nitrogen and oxygen atoms in total. The molecule has 11 rings (SSSR count). The summed E-state index contributed by atoms with van der Waals surface area (Å²) in [5.74, 6) is 0. The summed E-state index contributed by atoms with van der Waals surface area (Å²) in [6.07, 6.45) is 0. The molecular formula is C64H66. The highest BCUT2D eigenvalue weighted by Crippen LogP contribution is 2.59. The van der Waals surface area contributed by atoms with E-state index in [0.717, 1.165) is 0 Å². The zero-order valence-corrected chi connectivity index (χ0v) is 41.4. The molecule has 0 heterocycles. The molecule has 64 heavy (non-hydrogen) atoms. The lowest BCUT2D eigenvalue weighted by Gasteiger charge is -2.27. The van der Waals surface area contributed by atoms with Crippen LogP contribution in [0.5, 0.6) is 0 Å². The molecule has 0 fully saturated rings. The molecule has 0 atom stereocenters. The molecule has 0 amide bonds. The van der Waals surface area contributed by atoms with E-state index < -0.39 is 0 Å². The van der Waals surface area contributed by atoms with E-state index in [0.29, 0.717) is 0 Å². The van der Waals surface area contributed by atoms with Crippen LogP contribution in [0.15, 0.2) is 109 Å². The maximum Gasteiger partial charge on any atom is 0.0159 e. The minimum atomic E-state index is -0.119. The molecule has 322 valence electrons. The Labute approximate surface area is 383 Å². The van der Waals surface area contributed by atoms with Gasteiger partial charge < -0.3 is 0 Å². The van der Waals surface area contributed by atoms with Crippen molar-refractivity contribution in [2.75, 3.05) is 0 Å². The van der Waals surface area contributed by atoms with Crippen LogP contribution in [0.3, 0.4) is 0 Å². The fourth-order valence-corrected chi connectivity index (χ4v) is 11.9. The topological polar surface area (TPSA) is 0 Å². The van der Waals surface area contributed by atoms with E-state index in [4.69, 9.17) is 0 Å². The Morgan fingerprint density at radius 1 is 0.281 bits per heavy atom. The minimum absolute atomic E-state index is 0.00448. The highest BCUT2D eigenvalue weighted by Gasteiger charge is 2.41. The van der Waals surface area contributed by atoms with Gasteiger partial charge in [0, 0.05) is 10.8 Å². The van der Waals surface area contributed by atoms with E-state index in [2.05, 4.69) is 220 Å². The van der Waals surface area contributed by atoms with Crippen LogP contribution in [0, 0.1) is 0 Å². The summed E-state index contributed by atoms with van der Waals surface area (Å²) >= 11 is 0. The van der Waals surface area contributed by atoms with Crippen molar-refractivity contribution >= 4 is 32.3 Å². The van der Waals surface area contributed by atoms with Crippen molar-refractivity contribution in [2.45, 2.75) is 143 Å². The zero-order valence-electron chi connectivity index (χ0n) is 41.4. The Bertz CT molecular complexity index is 3160. The molecule has 0 radical (unpaired) electrons. The van der Waals surface area contributed by atoms with Crippen LogP contribution in [-0.4, -0.2) is 0 Å². The van der Waals surface area contributed by atoms with Crippen LogP contribution < -0.4 is 0 Å². The summed E-state index contributed by atoms with van der Waals surface area (Å²) in [7, 11) is 0. The van der Waals surface area contributed by atoms with Crippen LogP contribution >= 0.6 is 0 Å². The molecule has 0 saturated heterocycles. The number of benzene rings is 8. The first-order valence-electron chi connectivity index (χ1n) is 23.9. The molecule has 8 aromatic carbocycles. The Hall–Kier alpha value is -5.46. The second kappa shape index (κ2) is 12.7. The summed E-state index contributed by atoms with van der Waals surface area (Å²) in [6.45, 7) is 38.0. The first-order valence-corrected chi connectivity index (χ1v) is 23.9. The Kier molecular flexibility index (Phi) is 8.16. The van der Waals surface area contributed by atoms with E-state index in [1.54, 1.807) is 0 Å². The first kappa shape index (κ1) is 41.3. The smallest absolute Gasteiger partial charge is 0.0159 e. The average molecular weight is 835 g/mol. The summed E-state index contributed by atoms with van der Waals surface area (Å²) in [5, 5.41) is 8.22. The van der Waals surface area contributed by atoms with E-state index >= 15 is 0 Å². The predicted molar refractivity (Wildman–Crippen MR) is 279 cm³/mol. The summed E-state index contributed by atoms with van der Waals surface area (Å²) in [6, 6.07) is 44.3. The van der Waals surface area contributed by atoms with Crippen molar-refractivity contribution in [2.24, 2.45) is 0 Å². The van der Waals surface area contributed by atoms with Gasteiger partial charge in [-0.15, -0.1) is 0 Å². The van der Waals surface area contributed by atoms with Crippen molar-refractivity contribution < 1.29 is 0 Å². The number of rotatable bonds is 2. The Morgan fingerprint density at radius 3 is 0.969 bits per heavy atom. The lowest BCUT2D eigenvalue weighted by Crippen LogP contribution is -2.19. The Balaban J connectivity index is 1.18. The van der Waals surface area contributed by atoms with Gasteiger partial charge in [-0.25, -0.2) is 0 Å². The van der Waals surface area contributed by atoms with Gasteiger partial charge in [-0.05, 0) is 166 Å². The van der Waals surface area contributed by atoms with Gasteiger partial charge in [-0.2, -0.15) is 0 Å². The highest BCUT2D eigenvalue weighted by atomic mass is 14.4. The minimum Gasteiger partial charge on any atom is -0.0579 e. The van der Waals surface area contributed by atoms with Gasteiger partial charge in [0.1, 0.15) is 0 Å². The van der Waals surface area contributed by atoms with Crippen LogP contribution in [0.25, 0.3) is 88.0 Å². The van der Waals surface area contributed by atoms with Crippen molar-refractivity contribution in [1.82, 2.24) is 0 Å². The fourth-order valence-electron chi connectivity index (χ4n) is 11.9. The molecule has 8 aromatic rings. The van der Waals surface area contributed by atoms with E-state index in [9.17, 15) is 0 Å². The number of fused-ring (bicyclic) bond motifs is 7. The third-order valence-corrected chi connectivity index (χ3v) is 16.0. The molecule has 0 unspecified atom stereocenters. The quantitative estimate of drug-likeness (QED) is 0.152. The van der Waals surface area contributed by atoms with Crippen LogP contribution in [0.2, 0.25) is 0 Å². The molecule has 0 aromatic heterocycles. The lowest BCUT2D eigenvalue weighted by atomic mass is 9.76. The van der Waals surface area contributed by atoms with Gasteiger partial charge in [0.15, 0.2) is 0 Å². The maximum atomic E-state index is 2.54. The van der Waals surface area contributed by atoms with Crippen molar-refractivity contribution in [3.63, 3.8) is 0 Å². The van der Waals surface area contributed by atoms with Gasteiger partial charge >= 0.3 is 0 Å². The third-order valence-electron chi connectivity index (χ3n) is 16.0. The number of hydrogen-bond acceptors (Lipinski definition) is 0. The zero-order chi connectivity index (χ0) is 45.6.